The first-order valence-corrected chi connectivity index (χ1v) is 7.72. The van der Waals surface area contributed by atoms with E-state index in [9.17, 15) is 4.79 Å². The molecule has 1 saturated carbocycles. The molecule has 1 N–H and O–H groups in total. The molecule has 1 aromatic rings. The Morgan fingerprint density at radius 3 is 2.60 bits per heavy atom. The van der Waals surface area contributed by atoms with Gasteiger partial charge in [-0.2, -0.15) is 0 Å². The van der Waals surface area contributed by atoms with Crippen molar-refractivity contribution in [3.63, 3.8) is 0 Å². The minimum atomic E-state index is -0.0406. The molecule has 1 saturated heterocycles. The normalized spacial score (nSPS) is 27.2. The maximum absolute atomic E-state index is 12.7. The van der Waals surface area contributed by atoms with Gasteiger partial charge in [0.1, 0.15) is 6.17 Å². The van der Waals surface area contributed by atoms with Crippen molar-refractivity contribution >= 4 is 5.91 Å². The third kappa shape index (κ3) is 2.24. The van der Waals surface area contributed by atoms with Gasteiger partial charge in [-0.3, -0.25) is 10.1 Å². The molecule has 0 bridgehead atoms. The fourth-order valence-corrected chi connectivity index (χ4v) is 3.24. The topological polar surface area (TPSA) is 32.3 Å². The molecule has 2 fully saturated rings. The molecule has 2 aliphatic rings. The van der Waals surface area contributed by atoms with E-state index in [0.717, 1.165) is 12.8 Å². The first kappa shape index (κ1) is 13.6. The number of rotatable bonds is 3. The number of hydrogen-bond donors (Lipinski definition) is 1. The standard InChI is InChI=1S/C17H24N2O/c1-11(2)15-17(20)19(14-8-5-9-14)16(18-15)13-7-4-6-12(3)10-13/h4,6-7,10-11,14-16,18H,5,8-9H2,1-3H3. The van der Waals surface area contributed by atoms with Gasteiger partial charge in [0, 0.05) is 6.04 Å². The maximum atomic E-state index is 12.7. The van der Waals surface area contributed by atoms with Crippen LogP contribution in [0, 0.1) is 12.8 Å². The molecule has 3 nitrogen and oxygen atoms in total. The van der Waals surface area contributed by atoms with E-state index in [1.54, 1.807) is 0 Å². The lowest BCUT2D eigenvalue weighted by Gasteiger charge is -2.38. The fourth-order valence-electron chi connectivity index (χ4n) is 3.24. The molecule has 2 atom stereocenters. The molecule has 3 heteroatoms. The number of benzene rings is 1. The van der Waals surface area contributed by atoms with Crippen LogP contribution in [0.4, 0.5) is 0 Å². The Morgan fingerprint density at radius 2 is 2.05 bits per heavy atom. The number of amides is 1. The molecule has 1 aliphatic heterocycles. The number of hydrogen-bond acceptors (Lipinski definition) is 2. The van der Waals surface area contributed by atoms with Gasteiger partial charge in [-0.25, -0.2) is 0 Å². The zero-order valence-electron chi connectivity index (χ0n) is 12.6. The Morgan fingerprint density at radius 1 is 1.30 bits per heavy atom. The van der Waals surface area contributed by atoms with E-state index in [0.29, 0.717) is 12.0 Å². The molecular weight excluding hydrogens is 248 g/mol. The summed E-state index contributed by atoms with van der Waals surface area (Å²) in [5, 5.41) is 3.56. The molecule has 1 heterocycles. The monoisotopic (exact) mass is 272 g/mol. The van der Waals surface area contributed by atoms with Crippen LogP contribution in [-0.2, 0) is 4.79 Å². The van der Waals surface area contributed by atoms with Crippen molar-refractivity contribution < 1.29 is 4.79 Å². The minimum Gasteiger partial charge on any atom is -0.319 e. The summed E-state index contributed by atoms with van der Waals surface area (Å²) in [6.45, 7) is 6.34. The van der Waals surface area contributed by atoms with Gasteiger partial charge in [0.25, 0.3) is 0 Å². The average Bonchev–Trinajstić information content (AvgIpc) is 2.66. The first-order chi connectivity index (χ1) is 9.58. The SMILES string of the molecule is Cc1cccc(C2NC(C(C)C)C(=O)N2C2CCC2)c1. The van der Waals surface area contributed by atoms with E-state index in [1.165, 1.54) is 17.5 Å². The summed E-state index contributed by atoms with van der Waals surface area (Å²) in [6.07, 6.45) is 3.61. The van der Waals surface area contributed by atoms with Crippen LogP contribution in [0.3, 0.4) is 0 Å². The van der Waals surface area contributed by atoms with Gasteiger partial charge >= 0.3 is 0 Å². The predicted octanol–water partition coefficient (Wildman–Crippen LogP) is 3.00. The van der Waals surface area contributed by atoms with Crippen LogP contribution in [0.5, 0.6) is 0 Å². The van der Waals surface area contributed by atoms with E-state index in [1.807, 2.05) is 0 Å². The van der Waals surface area contributed by atoms with Gasteiger partial charge in [-0.15, -0.1) is 0 Å². The Hall–Kier alpha value is -1.35. The van der Waals surface area contributed by atoms with Crippen molar-refractivity contribution in [3.8, 4) is 0 Å². The summed E-state index contributed by atoms with van der Waals surface area (Å²) in [5.41, 5.74) is 2.46. The van der Waals surface area contributed by atoms with Gasteiger partial charge in [-0.1, -0.05) is 43.7 Å². The quantitative estimate of drug-likeness (QED) is 0.917. The number of nitrogens with zero attached hydrogens (tertiary/aromatic N) is 1. The van der Waals surface area contributed by atoms with Gasteiger partial charge < -0.3 is 4.90 Å². The third-order valence-electron chi connectivity index (χ3n) is 4.63. The van der Waals surface area contributed by atoms with Crippen LogP contribution < -0.4 is 5.32 Å². The van der Waals surface area contributed by atoms with Crippen LogP contribution in [0.2, 0.25) is 0 Å². The van der Waals surface area contributed by atoms with Gasteiger partial charge in [0.2, 0.25) is 5.91 Å². The number of nitrogens with one attached hydrogen (secondary N) is 1. The summed E-state index contributed by atoms with van der Waals surface area (Å²) >= 11 is 0. The zero-order chi connectivity index (χ0) is 14.3. The molecule has 108 valence electrons. The van der Waals surface area contributed by atoms with Crippen molar-refractivity contribution in [1.29, 1.82) is 0 Å². The molecule has 1 aliphatic carbocycles. The molecule has 0 aromatic heterocycles. The lowest BCUT2D eigenvalue weighted by molar-refractivity contribution is -0.134. The van der Waals surface area contributed by atoms with E-state index in [-0.39, 0.29) is 18.1 Å². The van der Waals surface area contributed by atoms with Crippen molar-refractivity contribution in [2.45, 2.75) is 58.3 Å². The van der Waals surface area contributed by atoms with Crippen molar-refractivity contribution in [2.24, 2.45) is 5.92 Å². The Balaban J connectivity index is 1.92. The maximum Gasteiger partial charge on any atom is 0.241 e. The molecule has 20 heavy (non-hydrogen) atoms. The molecule has 2 unspecified atom stereocenters. The summed E-state index contributed by atoms with van der Waals surface area (Å²) in [4.78, 5) is 14.8. The summed E-state index contributed by atoms with van der Waals surface area (Å²) in [5.74, 6) is 0.621. The average molecular weight is 272 g/mol. The van der Waals surface area contributed by atoms with Gasteiger partial charge in [0.15, 0.2) is 0 Å². The Bertz CT molecular complexity index is 507. The number of carbonyl (C=O) groups excluding carboxylic acids is 1. The summed E-state index contributed by atoms with van der Waals surface area (Å²) < 4.78 is 0. The molecule has 0 radical (unpaired) electrons. The summed E-state index contributed by atoms with van der Waals surface area (Å²) in [6, 6.07) is 8.91. The second kappa shape index (κ2) is 5.21. The van der Waals surface area contributed by atoms with Crippen LogP contribution >= 0.6 is 0 Å². The van der Waals surface area contributed by atoms with Crippen LogP contribution in [-0.4, -0.2) is 22.9 Å². The minimum absolute atomic E-state index is 0.0406. The van der Waals surface area contributed by atoms with E-state index in [2.05, 4.69) is 55.3 Å². The van der Waals surface area contributed by atoms with Crippen molar-refractivity contribution in [2.75, 3.05) is 0 Å². The Labute approximate surface area is 121 Å². The lowest BCUT2D eigenvalue weighted by atomic mass is 9.90. The molecule has 0 spiro atoms. The van der Waals surface area contributed by atoms with Crippen molar-refractivity contribution in [1.82, 2.24) is 10.2 Å². The second-order valence-electron chi connectivity index (χ2n) is 6.54. The van der Waals surface area contributed by atoms with Gasteiger partial charge in [-0.05, 0) is 37.7 Å². The van der Waals surface area contributed by atoms with E-state index in [4.69, 9.17) is 0 Å². The second-order valence-corrected chi connectivity index (χ2v) is 6.54. The molecular formula is C17H24N2O. The zero-order valence-corrected chi connectivity index (χ0v) is 12.6. The number of carbonyl (C=O) groups is 1. The largest absolute Gasteiger partial charge is 0.319 e. The third-order valence-corrected chi connectivity index (χ3v) is 4.63. The first-order valence-electron chi connectivity index (χ1n) is 7.72. The van der Waals surface area contributed by atoms with Gasteiger partial charge in [0.05, 0.1) is 6.04 Å². The highest BCUT2D eigenvalue weighted by Gasteiger charge is 2.45. The predicted molar refractivity (Wildman–Crippen MR) is 80.2 cm³/mol. The highest BCUT2D eigenvalue weighted by Crippen LogP contribution is 2.36. The highest BCUT2D eigenvalue weighted by atomic mass is 16.2. The van der Waals surface area contributed by atoms with Crippen LogP contribution in [0.25, 0.3) is 0 Å². The smallest absolute Gasteiger partial charge is 0.241 e. The molecule has 1 aromatic carbocycles. The Kier molecular flexibility index (Phi) is 3.55. The fraction of sp³-hybridized carbons (Fsp3) is 0.588. The number of aryl methyl sites for hydroxylation is 1. The van der Waals surface area contributed by atoms with Crippen LogP contribution in [0.1, 0.15) is 50.4 Å². The van der Waals surface area contributed by atoms with E-state index < -0.39 is 0 Å². The molecule has 1 amide bonds. The highest BCUT2D eigenvalue weighted by molar-refractivity contribution is 5.85. The van der Waals surface area contributed by atoms with E-state index >= 15 is 0 Å². The lowest BCUT2D eigenvalue weighted by Crippen LogP contribution is -2.44. The summed E-state index contributed by atoms with van der Waals surface area (Å²) in [7, 11) is 0. The molecule has 3 rings (SSSR count). The van der Waals surface area contributed by atoms with Crippen molar-refractivity contribution in [3.05, 3.63) is 35.4 Å². The van der Waals surface area contributed by atoms with Crippen LogP contribution in [0.15, 0.2) is 24.3 Å².